The molecule has 0 spiro atoms. The lowest BCUT2D eigenvalue weighted by molar-refractivity contribution is -0.153. The quantitative estimate of drug-likeness (QED) is 0.289. The van der Waals surface area contributed by atoms with E-state index in [2.05, 4.69) is 0 Å². The Kier molecular flexibility index (Phi) is 10.6. The number of hydrogen-bond donors (Lipinski definition) is 2. The molecule has 0 aliphatic rings. The van der Waals surface area contributed by atoms with E-state index in [4.69, 9.17) is 18.9 Å². The van der Waals surface area contributed by atoms with Crippen molar-refractivity contribution in [3.8, 4) is 0 Å². The van der Waals surface area contributed by atoms with Crippen LogP contribution < -0.4 is 5.32 Å². The maximum Gasteiger partial charge on any atom is 0.408 e. The third-order valence-corrected chi connectivity index (χ3v) is 3.53. The summed E-state index contributed by atoms with van der Waals surface area (Å²) in [6.45, 7) is 1.18. The SMILES string of the molecule is CC/C=C(\OCOCCOC)C(F)(F)C(NC(=O)OCc1ccccc1)C(=O)O. The number of allylic oxidation sites excluding steroid dienone is 1. The van der Waals surface area contributed by atoms with Gasteiger partial charge in [0, 0.05) is 7.11 Å². The van der Waals surface area contributed by atoms with Crippen LogP contribution in [0.4, 0.5) is 13.6 Å². The zero-order chi connectivity index (χ0) is 21.7. The molecule has 1 rings (SSSR count). The molecule has 0 fully saturated rings. The minimum absolute atomic E-state index is 0.105. The van der Waals surface area contributed by atoms with Crippen molar-refractivity contribution in [2.45, 2.75) is 31.9 Å². The highest BCUT2D eigenvalue weighted by Crippen LogP contribution is 2.30. The summed E-state index contributed by atoms with van der Waals surface area (Å²) in [5.74, 6) is -6.91. The lowest BCUT2D eigenvalue weighted by atomic mass is 10.1. The highest BCUT2D eigenvalue weighted by Gasteiger charge is 2.50. The van der Waals surface area contributed by atoms with Gasteiger partial charge in [-0.15, -0.1) is 0 Å². The van der Waals surface area contributed by atoms with Gasteiger partial charge in [0.2, 0.25) is 6.04 Å². The van der Waals surface area contributed by atoms with Crippen LogP contribution in [0.15, 0.2) is 42.2 Å². The number of methoxy groups -OCH3 is 1. The molecule has 0 aliphatic carbocycles. The van der Waals surface area contributed by atoms with Crippen molar-refractivity contribution in [3.63, 3.8) is 0 Å². The van der Waals surface area contributed by atoms with Gasteiger partial charge in [0.25, 0.3) is 0 Å². The Balaban J connectivity index is 2.76. The summed E-state index contributed by atoms with van der Waals surface area (Å²) < 4.78 is 49.0. The second kappa shape index (κ2) is 12.7. The molecular weight excluding hydrogens is 392 g/mol. The van der Waals surface area contributed by atoms with Gasteiger partial charge in [0.05, 0.1) is 13.2 Å². The fourth-order valence-corrected chi connectivity index (χ4v) is 2.12. The monoisotopic (exact) mass is 417 g/mol. The van der Waals surface area contributed by atoms with E-state index >= 15 is 0 Å². The molecule has 0 aromatic heterocycles. The fraction of sp³-hybridized carbons (Fsp3) is 0.474. The third kappa shape index (κ3) is 8.44. The number of ether oxygens (including phenoxy) is 4. The third-order valence-electron chi connectivity index (χ3n) is 3.53. The van der Waals surface area contributed by atoms with Gasteiger partial charge in [-0.25, -0.2) is 9.59 Å². The zero-order valence-electron chi connectivity index (χ0n) is 16.2. The summed E-state index contributed by atoms with van der Waals surface area (Å²) in [5, 5.41) is 10.9. The summed E-state index contributed by atoms with van der Waals surface area (Å²) in [5.41, 5.74) is 0.615. The topological polar surface area (TPSA) is 103 Å². The van der Waals surface area contributed by atoms with Crippen LogP contribution >= 0.6 is 0 Å². The number of alkyl halides is 2. The van der Waals surface area contributed by atoms with Gasteiger partial charge in [-0.2, -0.15) is 8.78 Å². The van der Waals surface area contributed by atoms with E-state index in [0.717, 1.165) is 6.08 Å². The van der Waals surface area contributed by atoms with Crippen LogP contribution in [-0.2, 0) is 30.3 Å². The van der Waals surface area contributed by atoms with Crippen molar-refractivity contribution in [2.24, 2.45) is 0 Å². The smallest absolute Gasteiger partial charge is 0.408 e. The van der Waals surface area contributed by atoms with E-state index < -0.39 is 36.6 Å². The predicted octanol–water partition coefficient (Wildman–Crippen LogP) is 2.93. The van der Waals surface area contributed by atoms with Gasteiger partial charge in [-0.3, -0.25) is 0 Å². The molecule has 8 nitrogen and oxygen atoms in total. The molecule has 1 aromatic carbocycles. The fourth-order valence-electron chi connectivity index (χ4n) is 2.12. The number of carboxylic acids is 1. The number of carboxylic acid groups (broad SMARTS) is 1. The van der Waals surface area contributed by atoms with Crippen LogP contribution in [0.5, 0.6) is 0 Å². The summed E-state index contributed by atoms with van der Waals surface area (Å²) in [7, 11) is 1.45. The number of carbonyl (C=O) groups excluding carboxylic acids is 1. The Labute approximate surface area is 167 Å². The van der Waals surface area contributed by atoms with E-state index in [1.807, 2.05) is 0 Å². The molecule has 0 bridgehead atoms. The molecule has 0 heterocycles. The Morgan fingerprint density at radius 3 is 2.48 bits per heavy atom. The Morgan fingerprint density at radius 1 is 1.21 bits per heavy atom. The van der Waals surface area contributed by atoms with Gasteiger partial charge in [0.15, 0.2) is 12.6 Å². The van der Waals surface area contributed by atoms with E-state index in [0.29, 0.717) is 5.56 Å². The molecule has 0 aliphatic heterocycles. The van der Waals surface area contributed by atoms with E-state index in [1.165, 1.54) is 7.11 Å². The molecule has 0 saturated heterocycles. The van der Waals surface area contributed by atoms with Crippen molar-refractivity contribution in [1.82, 2.24) is 5.32 Å². The van der Waals surface area contributed by atoms with Gasteiger partial charge in [-0.1, -0.05) is 37.3 Å². The molecule has 1 unspecified atom stereocenters. The van der Waals surface area contributed by atoms with E-state index in [1.54, 1.807) is 42.6 Å². The molecule has 10 heteroatoms. The van der Waals surface area contributed by atoms with Crippen LogP contribution in [0.2, 0.25) is 0 Å². The molecule has 1 amide bonds. The minimum Gasteiger partial charge on any atom is -0.480 e. The van der Waals surface area contributed by atoms with E-state index in [-0.39, 0.29) is 26.2 Å². The highest BCUT2D eigenvalue weighted by atomic mass is 19.3. The Morgan fingerprint density at radius 2 is 1.90 bits per heavy atom. The maximum atomic E-state index is 14.8. The predicted molar refractivity (Wildman–Crippen MR) is 98.3 cm³/mol. The number of carbonyl (C=O) groups is 2. The number of rotatable bonds is 13. The van der Waals surface area contributed by atoms with Crippen molar-refractivity contribution < 1.29 is 42.4 Å². The first-order valence-electron chi connectivity index (χ1n) is 8.80. The molecule has 0 radical (unpaired) electrons. The number of alkyl carbamates (subject to hydrolysis) is 1. The molecule has 1 aromatic rings. The van der Waals surface area contributed by atoms with Crippen molar-refractivity contribution in [1.29, 1.82) is 0 Å². The van der Waals surface area contributed by atoms with Crippen molar-refractivity contribution >= 4 is 12.1 Å². The summed E-state index contributed by atoms with van der Waals surface area (Å²) >= 11 is 0. The number of benzene rings is 1. The maximum absolute atomic E-state index is 14.8. The Hall–Kier alpha value is -2.72. The average molecular weight is 417 g/mol. The van der Waals surface area contributed by atoms with E-state index in [9.17, 15) is 23.5 Å². The van der Waals surface area contributed by atoms with Crippen LogP contribution in [0.1, 0.15) is 18.9 Å². The number of hydrogen-bond acceptors (Lipinski definition) is 6. The van der Waals surface area contributed by atoms with Crippen molar-refractivity contribution in [2.75, 3.05) is 27.1 Å². The molecule has 2 N–H and O–H groups in total. The highest BCUT2D eigenvalue weighted by molar-refractivity contribution is 5.81. The van der Waals surface area contributed by atoms with Gasteiger partial charge < -0.3 is 29.4 Å². The summed E-state index contributed by atoms with van der Waals surface area (Å²) in [4.78, 5) is 23.3. The lowest BCUT2D eigenvalue weighted by Crippen LogP contribution is -2.54. The number of amides is 1. The zero-order valence-corrected chi connectivity index (χ0v) is 16.2. The van der Waals surface area contributed by atoms with Crippen molar-refractivity contribution in [3.05, 3.63) is 47.7 Å². The molecular formula is C19H25F2NO7. The first kappa shape index (κ1) is 24.3. The van der Waals surface area contributed by atoms with Gasteiger partial charge in [0.1, 0.15) is 6.61 Å². The first-order valence-corrected chi connectivity index (χ1v) is 8.80. The summed E-state index contributed by atoms with van der Waals surface area (Å²) in [6, 6.07) is 5.90. The Bertz CT molecular complexity index is 668. The molecule has 29 heavy (non-hydrogen) atoms. The molecule has 0 saturated carbocycles. The van der Waals surface area contributed by atoms with Gasteiger partial charge in [-0.05, 0) is 18.1 Å². The van der Waals surface area contributed by atoms with Gasteiger partial charge >= 0.3 is 18.0 Å². The van der Waals surface area contributed by atoms with Crippen LogP contribution in [0, 0.1) is 0 Å². The molecule has 162 valence electrons. The minimum atomic E-state index is -4.04. The first-order chi connectivity index (χ1) is 13.8. The van der Waals surface area contributed by atoms with Crippen LogP contribution in [0.3, 0.4) is 0 Å². The van der Waals surface area contributed by atoms with Crippen LogP contribution in [0.25, 0.3) is 0 Å². The van der Waals surface area contributed by atoms with Crippen LogP contribution in [-0.4, -0.2) is 56.2 Å². The normalized spacial score (nSPS) is 12.9. The lowest BCUT2D eigenvalue weighted by Gasteiger charge is -2.26. The average Bonchev–Trinajstić information content (AvgIpc) is 2.69. The standard InChI is InChI=1S/C19H25F2NO7/c1-3-7-15(29-13-27-11-10-26-2)19(20,21)16(17(23)24)22-18(25)28-12-14-8-5-4-6-9-14/h4-9,16H,3,10-13H2,1-2H3,(H,22,25)(H,23,24)/b15-7-. The number of aliphatic carboxylic acids is 1. The number of nitrogens with one attached hydrogen (secondary N) is 1. The molecule has 1 atom stereocenters. The summed E-state index contributed by atoms with van der Waals surface area (Å²) in [6.07, 6.45) is -0.131. The number of halogens is 2. The largest absolute Gasteiger partial charge is 0.480 e. The second-order valence-electron chi connectivity index (χ2n) is 5.74. The second-order valence-corrected chi connectivity index (χ2v) is 5.74.